The molecule has 0 saturated carbocycles. The van der Waals surface area contributed by atoms with Crippen LogP contribution in [0.5, 0.6) is 11.5 Å². The fraction of sp³-hybridized carbons (Fsp3) is 0.438. The van der Waals surface area contributed by atoms with Gasteiger partial charge < -0.3 is 45.9 Å². The zero-order valence-corrected chi connectivity index (χ0v) is 31.0. The molecule has 4 atom stereocenters. The molecule has 1 aromatic carbocycles. The Morgan fingerprint density at radius 3 is 2.40 bits per heavy atom. The Morgan fingerprint density at radius 1 is 1.15 bits per heavy atom. The molecule has 1 saturated heterocycles. The Morgan fingerprint density at radius 2 is 1.83 bits per heavy atom. The Kier molecular flexibility index (Phi) is 13.0. The van der Waals surface area contributed by atoms with Crippen molar-refractivity contribution in [3.8, 4) is 11.5 Å². The summed E-state index contributed by atoms with van der Waals surface area (Å²) < 4.78 is 0.330. The second kappa shape index (κ2) is 16.8. The number of nitrogen functional groups attached to an aromatic ring is 1. The first-order valence-corrected chi connectivity index (χ1v) is 18.4. The number of hydrogen-bond acceptors (Lipinski definition) is 14. The number of amides is 2. The molecule has 2 aliphatic rings. The van der Waals surface area contributed by atoms with Crippen LogP contribution in [-0.4, -0.2) is 131 Å². The highest BCUT2D eigenvalue weighted by molar-refractivity contribution is 8.00. The van der Waals surface area contributed by atoms with E-state index in [-0.39, 0.29) is 40.2 Å². The van der Waals surface area contributed by atoms with Gasteiger partial charge in [-0.15, -0.1) is 23.1 Å². The monoisotopic (exact) mass is 797 g/mol. The van der Waals surface area contributed by atoms with E-state index in [0.717, 1.165) is 22.3 Å². The molecule has 3 heterocycles. The minimum absolute atomic E-state index is 0.0408. The number of oxime groups is 1. The van der Waals surface area contributed by atoms with Crippen LogP contribution >= 0.6 is 34.7 Å². The number of β-lactam (4-membered cyclic amide) rings is 1. The van der Waals surface area contributed by atoms with Gasteiger partial charge in [0.2, 0.25) is 12.0 Å². The van der Waals surface area contributed by atoms with Gasteiger partial charge in [-0.3, -0.25) is 24.1 Å². The first-order valence-electron chi connectivity index (χ1n) is 16.2. The van der Waals surface area contributed by atoms with Gasteiger partial charge in [0.25, 0.3) is 5.91 Å². The van der Waals surface area contributed by atoms with E-state index in [1.807, 2.05) is 13.8 Å². The van der Waals surface area contributed by atoms with Gasteiger partial charge in [-0.25, -0.2) is 14.6 Å². The highest BCUT2D eigenvalue weighted by Crippen LogP contribution is 2.48. The van der Waals surface area contributed by atoms with Crippen LogP contribution in [0, 0.1) is 5.92 Å². The molecule has 0 radical (unpaired) electrons. The predicted octanol–water partition coefficient (Wildman–Crippen LogP) is 1.94. The summed E-state index contributed by atoms with van der Waals surface area (Å²) in [5, 5.41) is 54.6. The number of likely N-dealkylation sites (N-methyl/N-ethyl adjacent to an activating group) is 1. The van der Waals surface area contributed by atoms with Crippen molar-refractivity contribution in [2.24, 2.45) is 11.1 Å². The number of nitrogens with zero attached hydrogens (tertiary/aromatic N) is 4. The second-order valence-corrected chi connectivity index (χ2v) is 15.0. The van der Waals surface area contributed by atoms with Gasteiger partial charge in [0.05, 0.1) is 54.5 Å². The zero-order valence-electron chi connectivity index (χ0n) is 28.6. The van der Waals surface area contributed by atoms with Gasteiger partial charge in [-0.05, 0) is 32.9 Å². The summed E-state index contributed by atoms with van der Waals surface area (Å²) in [4.78, 5) is 85.5. The molecule has 0 aliphatic carbocycles. The third kappa shape index (κ3) is 8.83. The topological polar surface area (TPSA) is 279 Å². The number of aromatic hydroxyl groups is 2. The van der Waals surface area contributed by atoms with Crippen LogP contribution in [0.4, 0.5) is 5.13 Å². The number of carboxylic acid groups (broad SMARTS) is 3. The lowest BCUT2D eigenvalue weighted by Gasteiger charge is -2.52. The van der Waals surface area contributed by atoms with Crippen LogP contribution in [0.1, 0.15) is 49.7 Å². The lowest BCUT2D eigenvalue weighted by molar-refractivity contribution is -0.919. The molecule has 2 amide bonds. The van der Waals surface area contributed by atoms with Crippen molar-refractivity contribution in [2.75, 3.05) is 38.5 Å². The Hall–Kier alpha value is -4.92. The zero-order chi connectivity index (χ0) is 39.4. The second-order valence-electron chi connectivity index (χ2n) is 12.2. The minimum Gasteiger partial charge on any atom is -0.504 e. The average Bonchev–Trinajstić information content (AvgIpc) is 3.54. The molecule has 4 rings (SSSR count). The van der Waals surface area contributed by atoms with Crippen LogP contribution in [0.25, 0.3) is 0 Å². The quantitative estimate of drug-likeness (QED) is 0.0373. The van der Waals surface area contributed by atoms with E-state index in [0.29, 0.717) is 29.7 Å². The van der Waals surface area contributed by atoms with Gasteiger partial charge in [0.15, 0.2) is 28.1 Å². The molecule has 0 unspecified atom stereocenters. The summed E-state index contributed by atoms with van der Waals surface area (Å²) in [7, 11) is 0. The molecule has 2 aromatic rings. The number of benzene rings is 1. The number of carbonyl (C=O) groups excluding carboxylic acids is 3. The van der Waals surface area contributed by atoms with E-state index < -0.39 is 88.2 Å². The Bertz CT molecular complexity index is 1880. The number of thioether (sulfide) groups is 1. The third-order valence-electron chi connectivity index (χ3n) is 9.13. The number of phenolic OH excluding ortho intramolecular Hbond substituents is 2. The highest BCUT2D eigenvalue weighted by Gasteiger charge is 2.56. The number of quaternary nitrogens is 1. The van der Waals surface area contributed by atoms with Crippen molar-refractivity contribution in [3.05, 3.63) is 45.1 Å². The van der Waals surface area contributed by atoms with E-state index in [4.69, 9.17) is 27.3 Å². The number of thiazole rings is 1. The summed E-state index contributed by atoms with van der Waals surface area (Å²) in [5.41, 5.74) is 5.41. The average molecular weight is 798 g/mol. The number of ketones is 1. The number of hydrogen-bond donors (Lipinski definition) is 7. The normalized spacial score (nSPS) is 19.2. The number of carboxylic acids is 3. The molecule has 286 valence electrons. The van der Waals surface area contributed by atoms with Gasteiger partial charge in [-0.2, -0.15) is 0 Å². The molecular weight excluding hydrogens is 760 g/mol. The number of nitrogens with one attached hydrogen (secondary N) is 1. The number of aliphatic carboxylic acids is 3. The van der Waals surface area contributed by atoms with E-state index in [1.54, 1.807) is 6.92 Å². The number of nitrogens with two attached hydrogens (primary N) is 1. The number of anilines is 1. The summed E-state index contributed by atoms with van der Waals surface area (Å²) in [5.74, 6) is -8.54. The van der Waals surface area contributed by atoms with E-state index in [2.05, 4.69) is 15.5 Å². The first kappa shape index (κ1) is 40.8. The number of fused-ring (bicyclic) bond motifs is 1. The SMILES string of the molecule is CC[N+](CC)(CCNC(=O)c1ccc(O)c(O)c1Cl)CC1=C(C(=O)O)N2C(=O)[C@@H](CC(=O)/C(=N\O[C@@H](CC(=O)O)C(=O)O)c3csc(N)n3)[C@H]2S[C@H]1C. The Balaban J connectivity index is 1.53. The van der Waals surface area contributed by atoms with Crippen LogP contribution in [0.15, 0.2) is 33.9 Å². The molecule has 8 N–H and O–H groups in total. The van der Waals surface area contributed by atoms with Crippen molar-refractivity contribution < 1.29 is 63.6 Å². The minimum atomic E-state index is -1.93. The van der Waals surface area contributed by atoms with Crippen molar-refractivity contribution in [1.29, 1.82) is 0 Å². The van der Waals surface area contributed by atoms with Crippen molar-refractivity contribution >= 4 is 81.0 Å². The smallest absolute Gasteiger partial charge is 0.352 e. The summed E-state index contributed by atoms with van der Waals surface area (Å²) >= 11 is 8.28. The van der Waals surface area contributed by atoms with Crippen LogP contribution in [0.3, 0.4) is 0 Å². The molecule has 1 aromatic heterocycles. The van der Waals surface area contributed by atoms with Crippen LogP contribution < -0.4 is 11.1 Å². The summed E-state index contributed by atoms with van der Waals surface area (Å²) in [6, 6.07) is 2.41. The van der Waals surface area contributed by atoms with Crippen LogP contribution in [0.2, 0.25) is 5.02 Å². The fourth-order valence-electron chi connectivity index (χ4n) is 6.00. The lowest BCUT2D eigenvalue weighted by Crippen LogP contribution is -2.64. The number of rotatable bonds is 18. The van der Waals surface area contributed by atoms with E-state index >= 15 is 0 Å². The first-order chi connectivity index (χ1) is 24.9. The van der Waals surface area contributed by atoms with Gasteiger partial charge in [0.1, 0.15) is 17.9 Å². The fourth-order valence-corrected chi connectivity index (χ4v) is 8.30. The van der Waals surface area contributed by atoms with E-state index in [9.17, 15) is 49.2 Å². The third-order valence-corrected chi connectivity index (χ3v) is 11.7. The lowest BCUT2D eigenvalue weighted by atomic mass is 9.88. The number of halogens is 1. The van der Waals surface area contributed by atoms with Gasteiger partial charge in [-0.1, -0.05) is 16.8 Å². The molecule has 21 heteroatoms. The number of phenols is 2. The molecule has 18 nitrogen and oxygen atoms in total. The summed E-state index contributed by atoms with van der Waals surface area (Å²) in [6.45, 7) is 7.44. The van der Waals surface area contributed by atoms with Crippen LogP contribution in [-0.2, 0) is 28.8 Å². The Labute approximate surface area is 315 Å². The maximum Gasteiger partial charge on any atom is 0.352 e. The molecule has 2 aliphatic heterocycles. The number of carbonyl (C=O) groups is 6. The highest BCUT2D eigenvalue weighted by atomic mass is 35.5. The standard InChI is InChI=1S/C32H37ClN6O12S2/c1-4-39(5-2,9-8-35-27(45)15-6-7-19(40)26(44)23(15)33)12-17-14(3)53-29-16(28(46)38(29)25(17)31(49)50)10-20(41)24(18-13-52-32(34)36-18)37-51-21(30(47)48)11-22(42)43/h6-7,13-14,16,21,29H,4-5,8-12H2,1-3H3,(H7-,34,35,36,37,40,41,42,43,44,45,47,48,49,50)/p+1/t14-,16+,21-,29+/m0/s1. The maximum atomic E-state index is 13.6. The number of Topliss-reactive ketones (excluding diaryl/α,β-unsaturated/α-hetero) is 1. The summed E-state index contributed by atoms with van der Waals surface area (Å²) in [6.07, 6.45) is -3.35. The largest absolute Gasteiger partial charge is 0.504 e. The number of aromatic nitrogens is 1. The molecule has 0 spiro atoms. The molecule has 0 bridgehead atoms. The van der Waals surface area contributed by atoms with Crippen molar-refractivity contribution in [2.45, 2.75) is 50.3 Å². The molecule has 1 fully saturated rings. The maximum absolute atomic E-state index is 13.6. The van der Waals surface area contributed by atoms with Gasteiger partial charge in [0, 0.05) is 22.6 Å². The van der Waals surface area contributed by atoms with Crippen molar-refractivity contribution in [3.63, 3.8) is 0 Å². The predicted molar refractivity (Wildman–Crippen MR) is 191 cm³/mol. The van der Waals surface area contributed by atoms with Gasteiger partial charge >= 0.3 is 17.9 Å². The van der Waals surface area contributed by atoms with E-state index in [1.165, 1.54) is 23.2 Å². The molecular formula is C32H38ClN6O12S2+. The molecule has 53 heavy (non-hydrogen) atoms. The van der Waals surface area contributed by atoms with Crippen molar-refractivity contribution in [1.82, 2.24) is 15.2 Å².